The van der Waals surface area contributed by atoms with Crippen LogP contribution in [0.1, 0.15) is 19.3 Å². The van der Waals surface area contributed by atoms with Crippen LogP contribution in [0.3, 0.4) is 0 Å². The van der Waals surface area contributed by atoms with Gasteiger partial charge >= 0.3 is 5.97 Å². The van der Waals surface area contributed by atoms with Crippen molar-refractivity contribution < 1.29 is 27.1 Å². The number of halogens is 3. The first kappa shape index (κ1) is 16.3. The number of carboxylic acid groups (broad SMARTS) is 1. The average Bonchev–Trinajstić information content (AvgIpc) is 2.42. The summed E-state index contributed by atoms with van der Waals surface area (Å²) in [5.74, 6) is -3.35. The lowest BCUT2D eigenvalue weighted by Crippen LogP contribution is -2.48. The van der Waals surface area contributed by atoms with Gasteiger partial charge in [0.15, 0.2) is 0 Å². The summed E-state index contributed by atoms with van der Waals surface area (Å²) in [6.45, 7) is -0.0313. The van der Waals surface area contributed by atoms with Crippen LogP contribution in [0.2, 0.25) is 0 Å². The fraction of sp³-hybridized carbons (Fsp3) is 0.417. The number of nitrogens with zero attached hydrogens (tertiary/aromatic N) is 1. The molecule has 1 unspecified atom stereocenters. The van der Waals surface area contributed by atoms with E-state index < -0.39 is 38.6 Å². The van der Waals surface area contributed by atoms with Gasteiger partial charge in [-0.3, -0.25) is 4.79 Å². The number of benzene rings is 1. The van der Waals surface area contributed by atoms with Crippen LogP contribution in [0.15, 0.2) is 21.5 Å². The summed E-state index contributed by atoms with van der Waals surface area (Å²) in [7, 11) is -4.41. The second-order valence-corrected chi connectivity index (χ2v) is 7.38. The van der Waals surface area contributed by atoms with E-state index in [1.54, 1.807) is 0 Å². The molecule has 1 aromatic carbocycles. The topological polar surface area (TPSA) is 74.7 Å². The van der Waals surface area contributed by atoms with Crippen LogP contribution in [0, 0.1) is 11.6 Å². The Balaban J connectivity index is 2.50. The Bertz CT molecular complexity index is 680. The quantitative estimate of drug-likeness (QED) is 0.812. The van der Waals surface area contributed by atoms with E-state index in [-0.39, 0.29) is 17.4 Å². The van der Waals surface area contributed by atoms with Crippen molar-refractivity contribution in [2.24, 2.45) is 0 Å². The summed E-state index contributed by atoms with van der Waals surface area (Å²) < 4.78 is 52.7. The zero-order chi connectivity index (χ0) is 15.8. The minimum Gasteiger partial charge on any atom is -0.480 e. The van der Waals surface area contributed by atoms with Gasteiger partial charge in [0.2, 0.25) is 10.0 Å². The van der Waals surface area contributed by atoms with Crippen LogP contribution >= 0.6 is 15.9 Å². The average molecular weight is 384 g/mol. The van der Waals surface area contributed by atoms with Crippen molar-refractivity contribution in [2.45, 2.75) is 30.2 Å². The molecule has 5 nitrogen and oxygen atoms in total. The maximum Gasteiger partial charge on any atom is 0.322 e. The van der Waals surface area contributed by atoms with Crippen molar-refractivity contribution in [3.05, 3.63) is 28.2 Å². The van der Waals surface area contributed by atoms with Crippen LogP contribution in [-0.2, 0) is 14.8 Å². The molecule has 0 amide bonds. The molecule has 0 saturated carbocycles. The fourth-order valence-electron chi connectivity index (χ4n) is 2.27. The molecule has 0 bridgehead atoms. The summed E-state index contributed by atoms with van der Waals surface area (Å²) in [5.41, 5.74) is 0. The molecule has 1 heterocycles. The normalized spacial score (nSPS) is 20.4. The molecule has 0 aromatic heterocycles. The third-order valence-corrected chi connectivity index (χ3v) is 5.83. The number of hydrogen-bond donors (Lipinski definition) is 1. The number of aliphatic carboxylic acids is 1. The summed E-state index contributed by atoms with van der Waals surface area (Å²) in [6, 6.07) is 0.0133. The molecule has 1 aliphatic rings. The number of hydrogen-bond acceptors (Lipinski definition) is 3. The van der Waals surface area contributed by atoms with E-state index >= 15 is 0 Å². The van der Waals surface area contributed by atoms with Crippen LogP contribution in [0.5, 0.6) is 0 Å². The number of rotatable bonds is 3. The van der Waals surface area contributed by atoms with E-state index in [1.807, 2.05) is 0 Å². The van der Waals surface area contributed by atoms with Crippen molar-refractivity contribution in [3.63, 3.8) is 0 Å². The third kappa shape index (κ3) is 3.09. The van der Waals surface area contributed by atoms with Crippen molar-refractivity contribution >= 4 is 31.9 Å². The second-order valence-electron chi connectivity index (χ2n) is 4.66. The smallest absolute Gasteiger partial charge is 0.322 e. The second kappa shape index (κ2) is 5.98. The molecule has 2 rings (SSSR count). The number of piperidine rings is 1. The SMILES string of the molecule is O=C(O)C1CCCCN1S(=O)(=O)c1cc(F)c(Br)cc1F. The van der Waals surface area contributed by atoms with Gasteiger partial charge in [0, 0.05) is 6.54 Å². The van der Waals surface area contributed by atoms with Crippen molar-refractivity contribution in [2.75, 3.05) is 6.54 Å². The monoisotopic (exact) mass is 383 g/mol. The Hall–Kier alpha value is -1.06. The summed E-state index contributed by atoms with van der Waals surface area (Å²) in [6.07, 6.45) is 1.19. The van der Waals surface area contributed by atoms with E-state index in [9.17, 15) is 22.0 Å². The standard InChI is InChI=1S/C12H12BrF2NO4S/c13-7-5-9(15)11(6-8(7)14)21(19,20)16-4-2-1-3-10(16)12(17)18/h5-6,10H,1-4H2,(H,17,18). The molecular formula is C12H12BrF2NO4S. The van der Waals surface area contributed by atoms with Gasteiger partial charge in [0.25, 0.3) is 0 Å². The number of carbonyl (C=O) groups is 1. The van der Waals surface area contributed by atoms with Gasteiger partial charge in [-0.15, -0.1) is 0 Å². The van der Waals surface area contributed by atoms with E-state index in [1.165, 1.54) is 0 Å². The predicted octanol–water partition coefficient (Wildman–Crippen LogP) is 2.36. The van der Waals surface area contributed by atoms with Gasteiger partial charge in [-0.2, -0.15) is 4.31 Å². The number of carboxylic acids is 1. The molecule has 1 fully saturated rings. The molecule has 0 aliphatic carbocycles. The van der Waals surface area contributed by atoms with Crippen LogP contribution < -0.4 is 0 Å². The minimum atomic E-state index is -4.41. The maximum absolute atomic E-state index is 13.9. The van der Waals surface area contributed by atoms with Crippen LogP contribution in [0.25, 0.3) is 0 Å². The lowest BCUT2D eigenvalue weighted by atomic mass is 10.1. The molecule has 9 heteroatoms. The van der Waals surface area contributed by atoms with Crippen molar-refractivity contribution in [3.8, 4) is 0 Å². The largest absolute Gasteiger partial charge is 0.480 e. The van der Waals surface area contributed by atoms with Gasteiger partial charge < -0.3 is 5.11 Å². The van der Waals surface area contributed by atoms with E-state index in [2.05, 4.69) is 15.9 Å². The molecule has 0 spiro atoms. The Morgan fingerprint density at radius 2 is 1.95 bits per heavy atom. The zero-order valence-electron chi connectivity index (χ0n) is 10.7. The first-order valence-electron chi connectivity index (χ1n) is 6.14. The van der Waals surface area contributed by atoms with Crippen molar-refractivity contribution in [1.29, 1.82) is 0 Å². The molecule has 1 N–H and O–H groups in total. The number of sulfonamides is 1. The Kier molecular flexibility index (Phi) is 4.64. The Morgan fingerprint density at radius 3 is 2.57 bits per heavy atom. The molecule has 0 radical (unpaired) electrons. The third-order valence-electron chi connectivity index (χ3n) is 3.30. The Morgan fingerprint density at radius 1 is 1.29 bits per heavy atom. The maximum atomic E-state index is 13.9. The molecule has 21 heavy (non-hydrogen) atoms. The lowest BCUT2D eigenvalue weighted by molar-refractivity contribution is -0.142. The van der Waals surface area contributed by atoms with E-state index in [4.69, 9.17) is 5.11 Å². The first-order chi connectivity index (χ1) is 9.75. The van der Waals surface area contributed by atoms with Gasteiger partial charge in [-0.1, -0.05) is 0 Å². The predicted molar refractivity (Wildman–Crippen MR) is 73.2 cm³/mol. The van der Waals surface area contributed by atoms with Crippen LogP contribution in [-0.4, -0.2) is 36.4 Å². The summed E-state index contributed by atoms with van der Waals surface area (Å²) in [4.78, 5) is 10.3. The molecule has 1 saturated heterocycles. The Labute approximate surface area is 128 Å². The summed E-state index contributed by atoms with van der Waals surface area (Å²) >= 11 is 2.76. The highest BCUT2D eigenvalue weighted by molar-refractivity contribution is 9.10. The summed E-state index contributed by atoms with van der Waals surface area (Å²) in [5, 5.41) is 9.11. The van der Waals surface area contributed by atoms with Gasteiger partial charge in [0.1, 0.15) is 22.6 Å². The molecule has 1 aliphatic heterocycles. The minimum absolute atomic E-state index is 0.0313. The zero-order valence-corrected chi connectivity index (χ0v) is 13.1. The van der Waals surface area contributed by atoms with Crippen molar-refractivity contribution in [1.82, 2.24) is 4.31 Å². The van der Waals surface area contributed by atoms with E-state index in [0.717, 1.165) is 4.31 Å². The highest BCUT2D eigenvalue weighted by atomic mass is 79.9. The van der Waals surface area contributed by atoms with Gasteiger partial charge in [-0.25, -0.2) is 17.2 Å². The molecular weight excluding hydrogens is 372 g/mol. The highest BCUT2D eigenvalue weighted by Crippen LogP contribution is 2.29. The lowest BCUT2D eigenvalue weighted by Gasteiger charge is -2.31. The molecule has 1 aromatic rings. The molecule has 116 valence electrons. The first-order valence-corrected chi connectivity index (χ1v) is 8.37. The van der Waals surface area contributed by atoms with Crippen LogP contribution in [0.4, 0.5) is 8.78 Å². The van der Waals surface area contributed by atoms with Gasteiger partial charge in [-0.05, 0) is 47.3 Å². The van der Waals surface area contributed by atoms with Gasteiger partial charge in [0.05, 0.1) is 4.47 Å². The fourth-order valence-corrected chi connectivity index (χ4v) is 4.29. The highest BCUT2D eigenvalue weighted by Gasteiger charge is 2.39. The van der Waals surface area contributed by atoms with E-state index in [0.29, 0.717) is 25.0 Å². The molecule has 1 atom stereocenters.